The highest BCUT2D eigenvalue weighted by atomic mass is 16.5. The minimum atomic E-state index is -0.0351. The lowest BCUT2D eigenvalue weighted by molar-refractivity contribution is 0.437. The summed E-state index contributed by atoms with van der Waals surface area (Å²) in [6.45, 7) is -0.0351. The van der Waals surface area contributed by atoms with Crippen molar-refractivity contribution in [3.05, 3.63) is 97.1 Å². The van der Waals surface area contributed by atoms with E-state index in [0.29, 0.717) is 17.7 Å². The lowest BCUT2D eigenvalue weighted by Gasteiger charge is -2.31. The van der Waals surface area contributed by atoms with Crippen LogP contribution in [0.5, 0.6) is 23.3 Å². The molecule has 4 aromatic carbocycles. The van der Waals surface area contributed by atoms with Crippen molar-refractivity contribution < 1.29 is 9.47 Å². The molecular weight excluding hydrogens is 421 g/mol. The topological polar surface area (TPSA) is 49.2 Å². The third-order valence-corrected chi connectivity index (χ3v) is 6.81. The summed E-state index contributed by atoms with van der Waals surface area (Å²) >= 11 is 0. The Morgan fingerprint density at radius 1 is 0.559 bits per heavy atom. The zero-order valence-corrected chi connectivity index (χ0v) is 18.0. The molecule has 158 valence electrons. The molecule has 0 saturated carbocycles. The van der Waals surface area contributed by atoms with E-state index in [1.165, 1.54) is 0 Å². The molecule has 8 rings (SSSR count). The van der Waals surface area contributed by atoms with E-state index < -0.39 is 0 Å². The SMILES string of the molecule is c1ccc2c(c1)Oc1nc(-n3c4ccccc4c4ccccc43)nc3c1B2c1ccccc1O3. The molecule has 34 heavy (non-hydrogen) atoms. The second-order valence-corrected chi connectivity index (χ2v) is 8.63. The van der Waals surface area contributed by atoms with Gasteiger partial charge in [-0.3, -0.25) is 4.57 Å². The third-order valence-electron chi connectivity index (χ3n) is 6.81. The molecule has 6 aromatic rings. The molecule has 2 aromatic heterocycles. The second-order valence-electron chi connectivity index (χ2n) is 8.63. The first-order valence-corrected chi connectivity index (χ1v) is 11.3. The van der Waals surface area contributed by atoms with E-state index in [1.54, 1.807) is 0 Å². The van der Waals surface area contributed by atoms with Gasteiger partial charge < -0.3 is 9.47 Å². The number of rotatable bonds is 1. The Kier molecular flexibility index (Phi) is 3.42. The van der Waals surface area contributed by atoms with Gasteiger partial charge in [0, 0.05) is 10.8 Å². The number of aromatic nitrogens is 3. The quantitative estimate of drug-likeness (QED) is 0.360. The molecule has 6 heteroatoms. The van der Waals surface area contributed by atoms with E-state index in [9.17, 15) is 0 Å². The first-order chi connectivity index (χ1) is 16.9. The van der Waals surface area contributed by atoms with Crippen LogP contribution in [0.1, 0.15) is 0 Å². The molecule has 2 aliphatic heterocycles. The molecule has 0 spiro atoms. The highest BCUT2D eigenvalue weighted by molar-refractivity contribution is 6.98. The zero-order valence-electron chi connectivity index (χ0n) is 18.0. The van der Waals surface area contributed by atoms with Gasteiger partial charge in [0.1, 0.15) is 11.5 Å². The lowest BCUT2D eigenvalue weighted by atomic mass is 9.35. The predicted molar refractivity (Wildman–Crippen MR) is 134 cm³/mol. The van der Waals surface area contributed by atoms with E-state index >= 15 is 0 Å². The molecule has 2 aliphatic rings. The fourth-order valence-corrected chi connectivity index (χ4v) is 5.37. The van der Waals surface area contributed by atoms with Crippen LogP contribution in [-0.4, -0.2) is 21.2 Å². The van der Waals surface area contributed by atoms with Crippen LogP contribution < -0.4 is 25.9 Å². The molecule has 0 aliphatic carbocycles. The van der Waals surface area contributed by atoms with E-state index in [1.807, 2.05) is 48.5 Å². The average Bonchev–Trinajstić information content (AvgIpc) is 3.23. The van der Waals surface area contributed by atoms with Crippen molar-refractivity contribution in [2.24, 2.45) is 0 Å². The Bertz CT molecular complexity index is 1670. The normalized spacial score (nSPS) is 13.1. The van der Waals surface area contributed by atoms with Gasteiger partial charge >= 0.3 is 0 Å². The monoisotopic (exact) mass is 437 g/mol. The summed E-state index contributed by atoms with van der Waals surface area (Å²) in [5, 5.41) is 2.31. The first-order valence-electron chi connectivity index (χ1n) is 11.3. The summed E-state index contributed by atoms with van der Waals surface area (Å²) in [4.78, 5) is 9.94. The fourth-order valence-electron chi connectivity index (χ4n) is 5.37. The third kappa shape index (κ3) is 2.29. The average molecular weight is 437 g/mol. The van der Waals surface area contributed by atoms with Gasteiger partial charge in [0.15, 0.2) is 0 Å². The summed E-state index contributed by atoms with van der Waals surface area (Å²) in [5.74, 6) is 3.24. The van der Waals surface area contributed by atoms with Gasteiger partial charge in [-0.2, -0.15) is 9.97 Å². The minimum Gasteiger partial charge on any atom is -0.440 e. The predicted octanol–water partition coefficient (Wildman–Crippen LogP) is 4.30. The Morgan fingerprint density at radius 2 is 1.03 bits per heavy atom. The Labute approximate surface area is 195 Å². The molecule has 0 saturated heterocycles. The highest BCUT2D eigenvalue weighted by Gasteiger charge is 2.42. The van der Waals surface area contributed by atoms with Crippen molar-refractivity contribution in [2.75, 3.05) is 0 Å². The van der Waals surface area contributed by atoms with Crippen LogP contribution in [0.3, 0.4) is 0 Å². The van der Waals surface area contributed by atoms with Crippen LogP contribution in [0.2, 0.25) is 0 Å². The summed E-state index contributed by atoms with van der Waals surface area (Å²) in [7, 11) is 0. The fraction of sp³-hybridized carbons (Fsp3) is 0. The largest absolute Gasteiger partial charge is 0.440 e. The summed E-state index contributed by atoms with van der Waals surface area (Å²) in [6.07, 6.45) is 0. The second kappa shape index (κ2) is 6.48. The van der Waals surface area contributed by atoms with Gasteiger partial charge in [-0.25, -0.2) is 0 Å². The van der Waals surface area contributed by atoms with Gasteiger partial charge in [0.05, 0.1) is 16.5 Å². The standard InChI is InChI=1S/C28H16BN3O2/c1-5-13-21-17(9-1)18-10-2-6-14-22(18)32(21)28-30-26-25-27(31-28)34-24-16-8-4-12-20(24)29(25)19-11-3-7-15-23(19)33-26/h1-16H. The van der Waals surface area contributed by atoms with Crippen LogP contribution in [0.15, 0.2) is 97.1 Å². The Morgan fingerprint density at radius 3 is 1.59 bits per heavy atom. The van der Waals surface area contributed by atoms with Crippen LogP contribution >= 0.6 is 0 Å². The molecule has 0 fully saturated rings. The molecule has 0 amide bonds. The molecule has 0 atom stereocenters. The van der Waals surface area contributed by atoms with Crippen molar-refractivity contribution in [1.82, 2.24) is 14.5 Å². The zero-order chi connectivity index (χ0) is 22.2. The van der Waals surface area contributed by atoms with E-state index in [4.69, 9.17) is 19.4 Å². The molecule has 4 heterocycles. The van der Waals surface area contributed by atoms with Gasteiger partial charge in [-0.05, 0) is 35.2 Å². The Balaban J connectivity index is 1.45. The number of fused-ring (bicyclic) bond motifs is 7. The van der Waals surface area contributed by atoms with Crippen molar-refractivity contribution in [1.29, 1.82) is 0 Å². The molecule has 0 unspecified atom stereocenters. The van der Waals surface area contributed by atoms with Crippen LogP contribution in [0, 0.1) is 0 Å². The van der Waals surface area contributed by atoms with Gasteiger partial charge in [0.25, 0.3) is 6.71 Å². The number of ether oxygens (including phenoxy) is 2. The maximum Gasteiger partial charge on any atom is 0.265 e. The number of nitrogens with zero attached hydrogens (tertiary/aromatic N) is 3. The van der Waals surface area contributed by atoms with Crippen LogP contribution in [-0.2, 0) is 0 Å². The number of hydrogen-bond donors (Lipinski definition) is 0. The minimum absolute atomic E-state index is 0.0351. The van der Waals surface area contributed by atoms with Crippen molar-refractivity contribution in [2.45, 2.75) is 0 Å². The summed E-state index contributed by atoms with van der Waals surface area (Å²) in [6, 6.07) is 32.9. The van der Waals surface area contributed by atoms with Crippen molar-refractivity contribution >= 4 is 44.9 Å². The van der Waals surface area contributed by atoms with Gasteiger partial charge in [0.2, 0.25) is 17.7 Å². The molecule has 0 N–H and O–H groups in total. The lowest BCUT2D eigenvalue weighted by Crippen LogP contribution is -2.58. The van der Waals surface area contributed by atoms with Gasteiger partial charge in [-0.1, -0.05) is 72.8 Å². The Hall–Kier alpha value is -4.58. The van der Waals surface area contributed by atoms with Crippen molar-refractivity contribution in [3.63, 3.8) is 0 Å². The molecule has 0 radical (unpaired) electrons. The van der Waals surface area contributed by atoms with Crippen LogP contribution in [0.4, 0.5) is 0 Å². The smallest absolute Gasteiger partial charge is 0.265 e. The van der Waals surface area contributed by atoms with Crippen molar-refractivity contribution in [3.8, 4) is 29.2 Å². The number of para-hydroxylation sites is 4. The summed E-state index contributed by atoms with van der Waals surface area (Å²) < 4.78 is 14.8. The molecule has 0 bridgehead atoms. The van der Waals surface area contributed by atoms with Gasteiger partial charge in [-0.15, -0.1) is 0 Å². The van der Waals surface area contributed by atoms with E-state index in [2.05, 4.69) is 53.1 Å². The van der Waals surface area contributed by atoms with E-state index in [-0.39, 0.29) is 6.71 Å². The maximum absolute atomic E-state index is 6.36. The maximum atomic E-state index is 6.36. The number of benzene rings is 4. The molecular formula is C28H16BN3O2. The summed E-state index contributed by atoms with van der Waals surface area (Å²) in [5.41, 5.74) is 5.15. The van der Waals surface area contributed by atoms with Crippen LogP contribution in [0.25, 0.3) is 27.8 Å². The highest BCUT2D eigenvalue weighted by Crippen LogP contribution is 2.35. The van der Waals surface area contributed by atoms with E-state index in [0.717, 1.165) is 49.7 Å². The first kappa shape index (κ1) is 17.9. The molecule has 5 nitrogen and oxygen atoms in total. The number of hydrogen-bond acceptors (Lipinski definition) is 4.